The van der Waals surface area contributed by atoms with E-state index in [-0.39, 0.29) is 0 Å². The first-order valence-electron chi connectivity index (χ1n) is 6.93. The molecule has 0 unspecified atom stereocenters. The molecule has 18 heavy (non-hydrogen) atoms. The summed E-state index contributed by atoms with van der Waals surface area (Å²) in [6.07, 6.45) is 9.60. The first kappa shape index (κ1) is 13.1. The minimum absolute atomic E-state index is 0.694. The van der Waals surface area contributed by atoms with Crippen LogP contribution in [0.3, 0.4) is 0 Å². The van der Waals surface area contributed by atoms with Gasteiger partial charge in [-0.3, -0.25) is 0 Å². The Balaban J connectivity index is 1.92. The highest BCUT2D eigenvalue weighted by molar-refractivity contribution is 5.46. The van der Waals surface area contributed by atoms with Crippen molar-refractivity contribution in [3.05, 3.63) is 11.9 Å². The molecule has 1 N–H and O–H groups in total. The molecule has 1 aromatic rings. The molecule has 0 saturated heterocycles. The summed E-state index contributed by atoms with van der Waals surface area (Å²) in [5, 5.41) is 3.05. The van der Waals surface area contributed by atoms with Crippen LogP contribution in [0.1, 0.15) is 44.1 Å². The van der Waals surface area contributed by atoms with Crippen LogP contribution in [0.15, 0.2) is 6.33 Å². The fraction of sp³-hybridized carbons (Fsp3) is 0.714. The summed E-state index contributed by atoms with van der Waals surface area (Å²) in [5.74, 6) is 2.26. The van der Waals surface area contributed by atoms with Crippen molar-refractivity contribution in [3.63, 3.8) is 0 Å². The molecule has 1 aliphatic carbocycles. The van der Waals surface area contributed by atoms with E-state index in [0.717, 1.165) is 23.9 Å². The molecule has 1 saturated carbocycles. The van der Waals surface area contributed by atoms with E-state index in [1.165, 1.54) is 38.5 Å². The molecular weight excluding hydrogens is 226 g/mol. The third-order valence-electron chi connectivity index (χ3n) is 3.71. The maximum atomic E-state index is 5.88. The van der Waals surface area contributed by atoms with Crippen molar-refractivity contribution in [2.45, 2.75) is 45.4 Å². The fourth-order valence-corrected chi connectivity index (χ4v) is 2.56. The third-order valence-corrected chi connectivity index (χ3v) is 3.71. The van der Waals surface area contributed by atoms with Crippen LogP contribution in [0, 0.1) is 12.8 Å². The summed E-state index contributed by atoms with van der Waals surface area (Å²) in [6.45, 7) is 2.79. The van der Waals surface area contributed by atoms with Crippen molar-refractivity contribution in [1.82, 2.24) is 9.97 Å². The first-order valence-corrected chi connectivity index (χ1v) is 6.93. The van der Waals surface area contributed by atoms with Gasteiger partial charge in [-0.2, -0.15) is 0 Å². The molecule has 0 radical (unpaired) electrons. The lowest BCUT2D eigenvalue weighted by Gasteiger charge is -2.16. The van der Waals surface area contributed by atoms with Crippen molar-refractivity contribution in [2.75, 3.05) is 19.0 Å². The van der Waals surface area contributed by atoms with E-state index in [9.17, 15) is 0 Å². The summed E-state index contributed by atoms with van der Waals surface area (Å²) in [7, 11) is 1.87. The van der Waals surface area contributed by atoms with Gasteiger partial charge in [0, 0.05) is 7.05 Å². The quantitative estimate of drug-likeness (QED) is 0.833. The lowest BCUT2D eigenvalue weighted by atomic mass is 10.0. The van der Waals surface area contributed by atoms with Gasteiger partial charge in [0.1, 0.15) is 12.1 Å². The van der Waals surface area contributed by atoms with Crippen LogP contribution in [0.4, 0.5) is 5.82 Å². The molecule has 0 amide bonds. The molecule has 4 nitrogen and oxygen atoms in total. The average molecular weight is 249 g/mol. The Morgan fingerprint density at radius 1 is 1.22 bits per heavy atom. The van der Waals surface area contributed by atoms with Crippen molar-refractivity contribution < 1.29 is 4.74 Å². The number of rotatable bonds is 4. The number of hydrogen-bond acceptors (Lipinski definition) is 4. The number of nitrogens with zero attached hydrogens (tertiary/aromatic N) is 2. The second kappa shape index (κ2) is 6.57. The summed E-state index contributed by atoms with van der Waals surface area (Å²) < 4.78 is 5.88. The van der Waals surface area contributed by atoms with E-state index >= 15 is 0 Å². The number of anilines is 1. The Kier molecular flexibility index (Phi) is 4.79. The Morgan fingerprint density at radius 3 is 2.61 bits per heavy atom. The predicted molar refractivity (Wildman–Crippen MR) is 73.0 cm³/mol. The standard InChI is InChI=1S/C14H23N3O/c1-11-13(15-2)16-10-17-14(11)18-9-12-7-5-3-4-6-8-12/h10,12H,3-9H2,1-2H3,(H,15,16,17). The van der Waals surface area contributed by atoms with Gasteiger partial charge in [0.15, 0.2) is 0 Å². The zero-order valence-electron chi connectivity index (χ0n) is 11.4. The van der Waals surface area contributed by atoms with Crippen LogP contribution < -0.4 is 10.1 Å². The Hall–Kier alpha value is -1.32. The SMILES string of the molecule is CNc1ncnc(OCC2CCCCCC2)c1C. The smallest absolute Gasteiger partial charge is 0.221 e. The molecule has 0 atom stereocenters. The van der Waals surface area contributed by atoms with Crippen molar-refractivity contribution >= 4 is 5.82 Å². The van der Waals surface area contributed by atoms with Gasteiger partial charge in [0.2, 0.25) is 5.88 Å². The van der Waals surface area contributed by atoms with Gasteiger partial charge in [-0.25, -0.2) is 9.97 Å². The largest absolute Gasteiger partial charge is 0.477 e. The van der Waals surface area contributed by atoms with Crippen LogP contribution in [0.5, 0.6) is 5.88 Å². The lowest BCUT2D eigenvalue weighted by molar-refractivity contribution is 0.224. The normalized spacial score (nSPS) is 17.2. The molecule has 4 heteroatoms. The molecule has 1 aliphatic rings. The second-order valence-corrected chi connectivity index (χ2v) is 5.07. The van der Waals surface area contributed by atoms with Crippen molar-refractivity contribution in [2.24, 2.45) is 5.92 Å². The number of aromatic nitrogens is 2. The zero-order chi connectivity index (χ0) is 12.8. The second-order valence-electron chi connectivity index (χ2n) is 5.07. The van der Waals surface area contributed by atoms with E-state index in [1.807, 2.05) is 14.0 Å². The van der Waals surface area contributed by atoms with E-state index in [0.29, 0.717) is 5.92 Å². The zero-order valence-corrected chi connectivity index (χ0v) is 11.4. The van der Waals surface area contributed by atoms with Gasteiger partial charge < -0.3 is 10.1 Å². The fourth-order valence-electron chi connectivity index (χ4n) is 2.56. The van der Waals surface area contributed by atoms with Gasteiger partial charge in [-0.1, -0.05) is 25.7 Å². The van der Waals surface area contributed by atoms with Gasteiger partial charge in [0.25, 0.3) is 0 Å². The van der Waals surface area contributed by atoms with Gasteiger partial charge in [0.05, 0.1) is 12.2 Å². The van der Waals surface area contributed by atoms with E-state index < -0.39 is 0 Å². The Morgan fingerprint density at radius 2 is 1.94 bits per heavy atom. The van der Waals surface area contributed by atoms with Crippen LogP contribution in [0.2, 0.25) is 0 Å². The topological polar surface area (TPSA) is 47.0 Å². The summed E-state index contributed by atoms with van der Waals surface area (Å²) >= 11 is 0. The lowest BCUT2D eigenvalue weighted by Crippen LogP contribution is -2.13. The van der Waals surface area contributed by atoms with Crippen LogP contribution >= 0.6 is 0 Å². The van der Waals surface area contributed by atoms with E-state index in [1.54, 1.807) is 6.33 Å². The molecule has 0 bridgehead atoms. The van der Waals surface area contributed by atoms with Gasteiger partial charge >= 0.3 is 0 Å². The van der Waals surface area contributed by atoms with Crippen LogP contribution in [-0.4, -0.2) is 23.6 Å². The highest BCUT2D eigenvalue weighted by Gasteiger charge is 2.14. The van der Waals surface area contributed by atoms with Crippen molar-refractivity contribution in [1.29, 1.82) is 0 Å². The summed E-state index contributed by atoms with van der Waals surface area (Å²) in [4.78, 5) is 8.39. The predicted octanol–water partition coefficient (Wildman–Crippen LogP) is 3.18. The van der Waals surface area contributed by atoms with Crippen LogP contribution in [0.25, 0.3) is 0 Å². The highest BCUT2D eigenvalue weighted by Crippen LogP contribution is 2.25. The van der Waals surface area contributed by atoms with E-state index in [4.69, 9.17) is 4.74 Å². The first-order chi connectivity index (χ1) is 8.81. The molecule has 0 spiro atoms. The molecule has 0 aliphatic heterocycles. The monoisotopic (exact) mass is 249 g/mol. The maximum Gasteiger partial charge on any atom is 0.221 e. The summed E-state index contributed by atoms with van der Waals surface area (Å²) in [6, 6.07) is 0. The average Bonchev–Trinajstić information content (AvgIpc) is 2.66. The highest BCUT2D eigenvalue weighted by atomic mass is 16.5. The maximum absolute atomic E-state index is 5.88. The molecule has 1 aromatic heterocycles. The molecule has 2 rings (SSSR count). The summed E-state index contributed by atoms with van der Waals surface area (Å²) in [5.41, 5.74) is 0.994. The molecule has 1 fully saturated rings. The molecule has 0 aromatic carbocycles. The Bertz CT molecular complexity index is 373. The number of nitrogens with one attached hydrogen (secondary N) is 1. The third kappa shape index (κ3) is 3.34. The van der Waals surface area contributed by atoms with Gasteiger partial charge in [-0.05, 0) is 25.7 Å². The van der Waals surface area contributed by atoms with E-state index in [2.05, 4.69) is 15.3 Å². The molecule has 1 heterocycles. The van der Waals surface area contributed by atoms with Crippen molar-refractivity contribution in [3.8, 4) is 5.88 Å². The van der Waals surface area contributed by atoms with Crippen LogP contribution in [-0.2, 0) is 0 Å². The minimum atomic E-state index is 0.694. The number of ether oxygens (including phenoxy) is 1. The molecular formula is C14H23N3O. The number of hydrogen-bond donors (Lipinski definition) is 1. The minimum Gasteiger partial charge on any atom is -0.477 e. The molecule has 100 valence electrons. The van der Waals surface area contributed by atoms with Gasteiger partial charge in [-0.15, -0.1) is 0 Å². The Labute approximate surface area is 109 Å².